The average Bonchev–Trinajstić information content (AvgIpc) is 2.65. The molecule has 1 fully saturated rings. The fourth-order valence-corrected chi connectivity index (χ4v) is 3.58. The van der Waals surface area contributed by atoms with Crippen molar-refractivity contribution in [2.45, 2.75) is 30.1 Å². The molecule has 0 saturated carbocycles. The average molecular weight is 274 g/mol. The van der Waals surface area contributed by atoms with Gasteiger partial charge in [-0.2, -0.15) is 0 Å². The van der Waals surface area contributed by atoms with Crippen LogP contribution in [0.1, 0.15) is 17.4 Å². The monoisotopic (exact) mass is 274 g/mol. The minimum absolute atomic E-state index is 0.0369. The van der Waals surface area contributed by atoms with E-state index < -0.39 is 6.10 Å². The second kappa shape index (κ2) is 4.93. The number of hydrogen-bond donors (Lipinski definition) is 3. The van der Waals surface area contributed by atoms with Crippen LogP contribution in [-0.2, 0) is 0 Å². The van der Waals surface area contributed by atoms with Gasteiger partial charge < -0.3 is 14.8 Å². The van der Waals surface area contributed by atoms with Gasteiger partial charge in [0.2, 0.25) is 0 Å². The molecule has 1 aromatic heterocycles. The molecule has 17 heavy (non-hydrogen) atoms. The van der Waals surface area contributed by atoms with E-state index in [0.717, 1.165) is 0 Å². The maximum Gasteiger partial charge on any atom is 0.254 e. The van der Waals surface area contributed by atoms with Crippen LogP contribution in [0.25, 0.3) is 0 Å². The van der Waals surface area contributed by atoms with Gasteiger partial charge in [0.25, 0.3) is 5.56 Å². The number of aromatic nitrogens is 2. The Morgan fingerprint density at radius 2 is 2.41 bits per heavy atom. The van der Waals surface area contributed by atoms with Crippen molar-refractivity contribution in [3.8, 4) is 0 Å². The van der Waals surface area contributed by atoms with E-state index in [1.165, 1.54) is 11.8 Å². The molecule has 3 N–H and O–H groups in total. The molecule has 1 aliphatic heterocycles. The number of aliphatic hydroxyl groups excluding tert-OH is 2. The number of H-pyrrole nitrogens is 1. The summed E-state index contributed by atoms with van der Waals surface area (Å²) in [5, 5.41) is 18.6. The standard InChI is InChI=1S/C10H14N2O3S2/c1-5-3-12(10(16)11-9(5)15)8-2-6(14)7(4-13)17-8/h3,6-8,13-14H,2,4H2,1H3,(H,11,15,16)/t6-,7+,8+/m0/s1. The van der Waals surface area contributed by atoms with Gasteiger partial charge in [0.15, 0.2) is 4.77 Å². The number of rotatable bonds is 2. The van der Waals surface area contributed by atoms with E-state index >= 15 is 0 Å². The Hall–Kier alpha value is -0.630. The number of thioether (sulfide) groups is 1. The van der Waals surface area contributed by atoms with E-state index in [0.29, 0.717) is 16.8 Å². The normalized spacial score (nSPS) is 28.5. The first-order chi connectivity index (χ1) is 8.02. The molecular formula is C10H14N2O3S2. The molecule has 0 aromatic carbocycles. The molecule has 0 radical (unpaired) electrons. The number of nitrogens with one attached hydrogen (secondary N) is 1. The van der Waals surface area contributed by atoms with Gasteiger partial charge in [0.05, 0.1) is 23.3 Å². The zero-order chi connectivity index (χ0) is 12.6. The predicted molar refractivity (Wildman–Crippen MR) is 68.7 cm³/mol. The Labute approximate surface area is 107 Å². The van der Waals surface area contributed by atoms with Crippen LogP contribution >= 0.6 is 24.0 Å². The lowest BCUT2D eigenvalue weighted by molar-refractivity contribution is 0.137. The molecule has 2 rings (SSSR count). The lowest BCUT2D eigenvalue weighted by atomic mass is 10.2. The highest BCUT2D eigenvalue weighted by molar-refractivity contribution is 8.00. The van der Waals surface area contributed by atoms with Crippen LogP contribution in [0.2, 0.25) is 0 Å². The largest absolute Gasteiger partial charge is 0.395 e. The summed E-state index contributed by atoms with van der Waals surface area (Å²) in [6, 6.07) is 0. The van der Waals surface area contributed by atoms with Gasteiger partial charge in [0, 0.05) is 18.2 Å². The molecule has 0 bridgehead atoms. The number of nitrogens with zero attached hydrogens (tertiary/aromatic N) is 1. The molecule has 0 aliphatic carbocycles. The number of aliphatic hydroxyl groups is 2. The zero-order valence-electron chi connectivity index (χ0n) is 9.29. The zero-order valence-corrected chi connectivity index (χ0v) is 10.9. The summed E-state index contributed by atoms with van der Waals surface area (Å²) in [7, 11) is 0. The van der Waals surface area contributed by atoms with E-state index in [1.54, 1.807) is 17.7 Å². The molecular weight excluding hydrogens is 260 g/mol. The van der Waals surface area contributed by atoms with E-state index in [1.807, 2.05) is 0 Å². The Kier molecular flexibility index (Phi) is 3.72. The predicted octanol–water partition coefficient (Wildman–Crippen LogP) is 0.572. The maximum atomic E-state index is 11.4. The molecule has 94 valence electrons. The Bertz CT molecular complexity index is 525. The van der Waals surface area contributed by atoms with Gasteiger partial charge in [-0.15, -0.1) is 11.8 Å². The summed E-state index contributed by atoms with van der Waals surface area (Å²) in [6.45, 7) is 1.65. The van der Waals surface area contributed by atoms with Crippen LogP contribution in [0.15, 0.2) is 11.0 Å². The van der Waals surface area contributed by atoms with Gasteiger partial charge in [-0.1, -0.05) is 0 Å². The first-order valence-electron chi connectivity index (χ1n) is 5.29. The SMILES string of the molecule is Cc1cn([C@H]2C[C@H](O)[C@@H](CO)S2)c(=S)[nH]c1=O. The highest BCUT2D eigenvalue weighted by Crippen LogP contribution is 2.41. The molecule has 1 saturated heterocycles. The van der Waals surface area contributed by atoms with Gasteiger partial charge in [-0.3, -0.25) is 9.78 Å². The van der Waals surface area contributed by atoms with Crippen molar-refractivity contribution in [3.05, 3.63) is 26.9 Å². The Balaban J connectivity index is 2.34. The molecule has 2 heterocycles. The second-order valence-electron chi connectivity index (χ2n) is 4.09. The molecule has 3 atom stereocenters. The third-order valence-corrected chi connectivity index (χ3v) is 4.70. The number of aryl methyl sites for hydroxylation is 1. The van der Waals surface area contributed by atoms with Crippen LogP contribution in [0.5, 0.6) is 0 Å². The fourth-order valence-electron chi connectivity index (χ4n) is 1.85. The summed E-state index contributed by atoms with van der Waals surface area (Å²) < 4.78 is 2.12. The second-order valence-corrected chi connectivity index (χ2v) is 5.90. The molecule has 7 heteroatoms. The lowest BCUT2D eigenvalue weighted by Crippen LogP contribution is -2.20. The Morgan fingerprint density at radius 1 is 1.71 bits per heavy atom. The van der Waals surface area contributed by atoms with Crippen molar-refractivity contribution in [1.82, 2.24) is 9.55 Å². The van der Waals surface area contributed by atoms with E-state index in [9.17, 15) is 9.90 Å². The summed E-state index contributed by atoms with van der Waals surface area (Å²) in [4.78, 5) is 14.0. The topological polar surface area (TPSA) is 78.2 Å². The molecule has 5 nitrogen and oxygen atoms in total. The highest BCUT2D eigenvalue weighted by Gasteiger charge is 2.34. The Morgan fingerprint density at radius 3 is 3.00 bits per heavy atom. The minimum atomic E-state index is -0.538. The first kappa shape index (κ1) is 12.8. The quantitative estimate of drug-likeness (QED) is 0.687. The van der Waals surface area contributed by atoms with Crippen LogP contribution in [0.4, 0.5) is 0 Å². The molecule has 0 spiro atoms. The minimum Gasteiger partial charge on any atom is -0.395 e. The fraction of sp³-hybridized carbons (Fsp3) is 0.600. The van der Waals surface area contributed by atoms with E-state index in [-0.39, 0.29) is 22.8 Å². The molecule has 1 aromatic rings. The van der Waals surface area contributed by atoms with E-state index in [2.05, 4.69) is 4.98 Å². The van der Waals surface area contributed by atoms with Crippen LogP contribution in [-0.4, -0.2) is 37.7 Å². The van der Waals surface area contributed by atoms with Crippen molar-refractivity contribution in [1.29, 1.82) is 0 Å². The lowest BCUT2D eigenvalue weighted by Gasteiger charge is -2.14. The van der Waals surface area contributed by atoms with Crippen molar-refractivity contribution in [2.24, 2.45) is 0 Å². The van der Waals surface area contributed by atoms with Crippen molar-refractivity contribution < 1.29 is 10.2 Å². The molecule has 0 unspecified atom stereocenters. The van der Waals surface area contributed by atoms with Crippen LogP contribution < -0.4 is 5.56 Å². The van der Waals surface area contributed by atoms with Gasteiger partial charge in [-0.05, 0) is 19.1 Å². The summed E-state index contributed by atoms with van der Waals surface area (Å²) >= 11 is 6.57. The van der Waals surface area contributed by atoms with E-state index in [4.69, 9.17) is 17.3 Å². The van der Waals surface area contributed by atoms with Gasteiger partial charge in [-0.25, -0.2) is 0 Å². The summed E-state index contributed by atoms with van der Waals surface area (Å²) in [5.74, 6) is 0. The smallest absolute Gasteiger partial charge is 0.254 e. The molecule has 0 amide bonds. The number of hydrogen-bond acceptors (Lipinski definition) is 5. The van der Waals surface area contributed by atoms with Crippen molar-refractivity contribution in [3.63, 3.8) is 0 Å². The third kappa shape index (κ3) is 2.47. The maximum absolute atomic E-state index is 11.4. The van der Waals surface area contributed by atoms with Gasteiger partial charge >= 0.3 is 0 Å². The van der Waals surface area contributed by atoms with Crippen molar-refractivity contribution >= 4 is 24.0 Å². The van der Waals surface area contributed by atoms with Crippen LogP contribution in [0.3, 0.4) is 0 Å². The highest BCUT2D eigenvalue weighted by atomic mass is 32.2. The molecule has 1 aliphatic rings. The van der Waals surface area contributed by atoms with Crippen molar-refractivity contribution in [2.75, 3.05) is 6.61 Å². The van der Waals surface area contributed by atoms with Crippen LogP contribution in [0, 0.1) is 11.7 Å². The summed E-state index contributed by atoms with van der Waals surface area (Å²) in [6.07, 6.45) is 1.69. The third-order valence-electron chi connectivity index (χ3n) is 2.84. The summed E-state index contributed by atoms with van der Waals surface area (Å²) in [5.41, 5.74) is 0.398. The van der Waals surface area contributed by atoms with Gasteiger partial charge in [0.1, 0.15) is 0 Å². The first-order valence-corrected chi connectivity index (χ1v) is 6.64. The number of aromatic amines is 1.